The molecule has 18 heavy (non-hydrogen) atoms. The Hall–Kier alpha value is -0.900. The van der Waals surface area contributed by atoms with Crippen LogP contribution in [0.5, 0.6) is 0 Å². The van der Waals surface area contributed by atoms with Gasteiger partial charge in [0, 0.05) is 13.7 Å². The van der Waals surface area contributed by atoms with Gasteiger partial charge in [-0.3, -0.25) is 0 Å². The number of hydrogen-bond acceptors (Lipinski definition) is 3. The van der Waals surface area contributed by atoms with Crippen LogP contribution in [-0.4, -0.2) is 38.0 Å². The van der Waals surface area contributed by atoms with E-state index in [-0.39, 0.29) is 12.6 Å². The van der Waals surface area contributed by atoms with E-state index in [2.05, 4.69) is 29.6 Å². The zero-order valence-corrected chi connectivity index (χ0v) is 11.1. The maximum Gasteiger partial charge on any atom is 0.0638 e. The molecule has 0 aromatic heterocycles. The minimum atomic E-state index is 0.0455. The van der Waals surface area contributed by atoms with E-state index in [1.165, 1.54) is 30.4 Å². The minimum Gasteiger partial charge on any atom is -0.395 e. The van der Waals surface area contributed by atoms with E-state index in [1.807, 2.05) is 0 Å². The van der Waals surface area contributed by atoms with Gasteiger partial charge >= 0.3 is 0 Å². The van der Waals surface area contributed by atoms with Crippen molar-refractivity contribution >= 4 is 0 Å². The highest BCUT2D eigenvalue weighted by atomic mass is 16.5. The molecule has 0 amide bonds. The number of rotatable bonds is 6. The lowest BCUT2D eigenvalue weighted by atomic mass is 9.83. The Morgan fingerprint density at radius 1 is 1.44 bits per heavy atom. The minimum absolute atomic E-state index is 0.0455. The summed E-state index contributed by atoms with van der Waals surface area (Å²) in [7, 11) is 1.67. The summed E-state index contributed by atoms with van der Waals surface area (Å²) in [4.78, 5) is 0. The quantitative estimate of drug-likeness (QED) is 0.806. The largest absolute Gasteiger partial charge is 0.395 e. The molecule has 0 fully saturated rings. The molecule has 1 aromatic carbocycles. The van der Waals surface area contributed by atoms with Gasteiger partial charge in [-0.25, -0.2) is 0 Å². The molecule has 0 spiro atoms. The Bertz CT molecular complexity index is 367. The SMILES string of the molecule is COCC(CO)NCC1CCCc2ccccc21. The molecule has 3 nitrogen and oxygen atoms in total. The number of benzene rings is 1. The summed E-state index contributed by atoms with van der Waals surface area (Å²) in [5, 5.41) is 12.6. The van der Waals surface area contributed by atoms with Gasteiger partial charge in [-0.15, -0.1) is 0 Å². The highest BCUT2D eigenvalue weighted by molar-refractivity contribution is 5.32. The number of ether oxygens (including phenoxy) is 1. The fourth-order valence-corrected chi connectivity index (χ4v) is 2.75. The molecule has 0 saturated carbocycles. The van der Waals surface area contributed by atoms with Crippen molar-refractivity contribution in [1.29, 1.82) is 0 Å². The Kier molecular flexibility index (Phi) is 5.17. The number of methoxy groups -OCH3 is 1. The average molecular weight is 249 g/mol. The number of nitrogens with one attached hydrogen (secondary N) is 1. The van der Waals surface area contributed by atoms with Gasteiger partial charge in [0.1, 0.15) is 0 Å². The number of aliphatic hydroxyl groups is 1. The Balaban J connectivity index is 1.94. The van der Waals surface area contributed by atoms with Crippen LogP contribution < -0.4 is 5.32 Å². The Labute approximate surface area is 109 Å². The maximum absolute atomic E-state index is 9.24. The second-order valence-corrected chi connectivity index (χ2v) is 5.03. The van der Waals surface area contributed by atoms with Crippen molar-refractivity contribution in [3.8, 4) is 0 Å². The summed E-state index contributed by atoms with van der Waals surface area (Å²) in [6.45, 7) is 1.61. The number of fused-ring (bicyclic) bond motifs is 1. The van der Waals surface area contributed by atoms with Crippen LogP contribution >= 0.6 is 0 Å². The molecule has 2 N–H and O–H groups in total. The molecule has 100 valence electrons. The molecule has 0 heterocycles. The van der Waals surface area contributed by atoms with Crippen LogP contribution in [0.3, 0.4) is 0 Å². The second kappa shape index (κ2) is 6.88. The van der Waals surface area contributed by atoms with Crippen molar-refractivity contribution < 1.29 is 9.84 Å². The molecule has 0 saturated heterocycles. The summed E-state index contributed by atoms with van der Waals surface area (Å²) < 4.78 is 5.08. The van der Waals surface area contributed by atoms with E-state index >= 15 is 0 Å². The zero-order chi connectivity index (χ0) is 12.8. The first kappa shape index (κ1) is 13.5. The first-order valence-corrected chi connectivity index (χ1v) is 6.76. The Morgan fingerprint density at radius 3 is 3.06 bits per heavy atom. The summed E-state index contributed by atoms with van der Waals surface area (Å²) in [5.74, 6) is 0.570. The molecule has 2 unspecified atom stereocenters. The number of aliphatic hydroxyl groups excluding tert-OH is 1. The predicted molar refractivity (Wildman–Crippen MR) is 72.9 cm³/mol. The molecule has 1 aromatic rings. The van der Waals surface area contributed by atoms with E-state index in [9.17, 15) is 5.11 Å². The number of aryl methyl sites for hydroxylation is 1. The third kappa shape index (κ3) is 3.31. The van der Waals surface area contributed by atoms with Crippen LogP contribution in [0.2, 0.25) is 0 Å². The summed E-state index contributed by atoms with van der Waals surface area (Å²) in [6, 6.07) is 8.76. The predicted octanol–water partition coefficient (Wildman–Crippen LogP) is 1.70. The summed E-state index contributed by atoms with van der Waals surface area (Å²) in [5.41, 5.74) is 2.97. The van der Waals surface area contributed by atoms with Crippen molar-refractivity contribution in [2.75, 3.05) is 26.9 Å². The third-order valence-electron chi connectivity index (χ3n) is 3.73. The van der Waals surface area contributed by atoms with Crippen LogP contribution in [0, 0.1) is 0 Å². The third-order valence-corrected chi connectivity index (χ3v) is 3.73. The molecule has 0 bridgehead atoms. The van der Waals surface area contributed by atoms with E-state index in [4.69, 9.17) is 4.74 Å². The van der Waals surface area contributed by atoms with Gasteiger partial charge in [0.2, 0.25) is 0 Å². The molecule has 2 rings (SSSR count). The van der Waals surface area contributed by atoms with Crippen LogP contribution in [0.25, 0.3) is 0 Å². The van der Waals surface area contributed by atoms with Crippen LogP contribution in [0.15, 0.2) is 24.3 Å². The summed E-state index contributed by atoms with van der Waals surface area (Å²) in [6.07, 6.45) is 3.70. The van der Waals surface area contributed by atoms with Crippen LogP contribution in [-0.2, 0) is 11.2 Å². The van der Waals surface area contributed by atoms with Crippen molar-refractivity contribution in [3.63, 3.8) is 0 Å². The van der Waals surface area contributed by atoms with E-state index in [1.54, 1.807) is 7.11 Å². The highest BCUT2D eigenvalue weighted by Crippen LogP contribution is 2.30. The van der Waals surface area contributed by atoms with Gasteiger partial charge in [-0.05, 0) is 36.3 Å². The summed E-state index contributed by atoms with van der Waals surface area (Å²) >= 11 is 0. The van der Waals surface area contributed by atoms with Crippen molar-refractivity contribution in [3.05, 3.63) is 35.4 Å². The van der Waals surface area contributed by atoms with Crippen LogP contribution in [0.4, 0.5) is 0 Å². The maximum atomic E-state index is 9.24. The van der Waals surface area contributed by atoms with Gasteiger partial charge in [-0.2, -0.15) is 0 Å². The van der Waals surface area contributed by atoms with Gasteiger partial charge in [0.15, 0.2) is 0 Å². The molecule has 3 heteroatoms. The molecule has 1 aliphatic rings. The molecule has 0 radical (unpaired) electrons. The highest BCUT2D eigenvalue weighted by Gasteiger charge is 2.20. The Morgan fingerprint density at radius 2 is 2.28 bits per heavy atom. The number of hydrogen-bond donors (Lipinski definition) is 2. The first-order chi connectivity index (χ1) is 8.85. The fourth-order valence-electron chi connectivity index (χ4n) is 2.75. The van der Waals surface area contributed by atoms with Gasteiger partial charge in [-0.1, -0.05) is 24.3 Å². The van der Waals surface area contributed by atoms with Gasteiger partial charge < -0.3 is 15.2 Å². The second-order valence-electron chi connectivity index (χ2n) is 5.03. The lowest BCUT2D eigenvalue weighted by Crippen LogP contribution is -2.39. The van der Waals surface area contributed by atoms with Crippen molar-refractivity contribution in [1.82, 2.24) is 5.32 Å². The van der Waals surface area contributed by atoms with E-state index in [0.29, 0.717) is 12.5 Å². The monoisotopic (exact) mass is 249 g/mol. The fraction of sp³-hybridized carbons (Fsp3) is 0.600. The lowest BCUT2D eigenvalue weighted by molar-refractivity contribution is 0.127. The zero-order valence-electron chi connectivity index (χ0n) is 11.1. The average Bonchev–Trinajstić information content (AvgIpc) is 2.43. The van der Waals surface area contributed by atoms with Gasteiger partial charge in [0.05, 0.1) is 19.3 Å². The lowest BCUT2D eigenvalue weighted by Gasteiger charge is -2.27. The van der Waals surface area contributed by atoms with E-state index in [0.717, 1.165) is 6.54 Å². The standard InChI is InChI=1S/C15H23NO2/c1-18-11-14(10-17)16-9-13-7-4-6-12-5-2-3-8-15(12)13/h2-3,5,8,13-14,16-17H,4,6-7,9-11H2,1H3. The molecular formula is C15H23NO2. The smallest absolute Gasteiger partial charge is 0.0638 e. The molecule has 2 atom stereocenters. The first-order valence-electron chi connectivity index (χ1n) is 6.76. The van der Waals surface area contributed by atoms with Crippen molar-refractivity contribution in [2.45, 2.75) is 31.2 Å². The van der Waals surface area contributed by atoms with Gasteiger partial charge in [0.25, 0.3) is 0 Å². The van der Waals surface area contributed by atoms with E-state index < -0.39 is 0 Å². The molecule has 1 aliphatic carbocycles. The topological polar surface area (TPSA) is 41.5 Å². The molecule has 0 aliphatic heterocycles. The molecular weight excluding hydrogens is 226 g/mol. The normalized spacial score (nSPS) is 20.4. The van der Waals surface area contributed by atoms with Crippen molar-refractivity contribution in [2.24, 2.45) is 0 Å². The van der Waals surface area contributed by atoms with Crippen LogP contribution in [0.1, 0.15) is 29.9 Å².